The van der Waals surface area contributed by atoms with E-state index < -0.39 is 36.2 Å². The molecule has 6 aliphatic heterocycles. The zero-order valence-corrected chi connectivity index (χ0v) is 58.7. The standard InChI is InChI=1S/C22H27N9O4.C20H25N9O3.C17H21N9O.C5H8O4.ClH/c1-13(35-14(2)32)20(33)30-4-3-16(11-30)31-12-26-18-17(15-9-24-21(23)25-10-15)27-22(28-19(18)31)29-5-7-34-8-6-29;1-12(30)18(31)28-3-2-14(10-28)29-11-24-16-15(13-8-22-19(21)23-9-13)25-20(26-17(16)29)27-4-6-32-7-5-27;18-16-20-7-11(8-21-16)13-14-15(26(10-22-14)12-1-2-19-9-12)24-17(23-13)25-3-5-27-6-4-25;1-3(5(7)8)9-4(2)6;/h9-10,12-13,16H,3-8,11H2,1-2H3,(H2,23,24,25);8-9,11-12,14,30H,2-7,10H2,1H3,(H2,21,22,23);7-8,10,12,19H,1-6,9H2,(H2,18,20,21);3H,1-2H3,(H,7,8);1H/t13-,16?;12-,14?;;3-;/m00.0./s1. The third-order valence-electron chi connectivity index (χ3n) is 17.8. The summed E-state index contributed by atoms with van der Waals surface area (Å²) in [5, 5.41) is 21.2. The van der Waals surface area contributed by atoms with E-state index in [9.17, 15) is 29.1 Å². The van der Waals surface area contributed by atoms with Crippen molar-refractivity contribution in [3.8, 4) is 33.8 Å². The maximum Gasteiger partial charge on any atom is 0.344 e. The van der Waals surface area contributed by atoms with Gasteiger partial charge < -0.3 is 94.6 Å². The first-order chi connectivity index (χ1) is 49.7. The molecule has 104 heavy (non-hydrogen) atoms. The van der Waals surface area contributed by atoms with E-state index in [1.54, 1.807) is 66.6 Å². The molecular weight excluding hydrogens is 1370 g/mol. The predicted molar refractivity (Wildman–Crippen MR) is 377 cm³/mol. The van der Waals surface area contributed by atoms with Gasteiger partial charge in [-0.1, -0.05) is 0 Å². The fourth-order valence-electron chi connectivity index (χ4n) is 12.6. The molecule has 3 unspecified atom stereocenters. The van der Waals surface area contributed by atoms with Crippen molar-refractivity contribution < 1.29 is 57.9 Å². The van der Waals surface area contributed by atoms with Gasteiger partial charge >= 0.3 is 17.9 Å². The zero-order chi connectivity index (χ0) is 72.4. The predicted octanol–water partition coefficient (Wildman–Crippen LogP) is 0.964. The van der Waals surface area contributed by atoms with Gasteiger partial charge in [-0.15, -0.1) is 12.4 Å². The molecule has 552 valence electrons. The van der Waals surface area contributed by atoms with E-state index in [-0.39, 0.29) is 54.2 Å². The summed E-state index contributed by atoms with van der Waals surface area (Å²) in [5.41, 5.74) is 25.3. The number of aliphatic hydroxyl groups is 1. The third-order valence-corrected chi connectivity index (χ3v) is 17.8. The van der Waals surface area contributed by atoms with Crippen molar-refractivity contribution in [2.24, 2.45) is 0 Å². The summed E-state index contributed by atoms with van der Waals surface area (Å²) in [6, 6.07) is 0.319. The van der Waals surface area contributed by atoms with Crippen LogP contribution in [0, 0.1) is 0 Å². The zero-order valence-electron chi connectivity index (χ0n) is 57.9. The van der Waals surface area contributed by atoms with Crippen molar-refractivity contribution in [2.45, 2.75) is 90.3 Å². The van der Waals surface area contributed by atoms with Crippen LogP contribution in [0.5, 0.6) is 0 Å². The second-order valence-corrected chi connectivity index (χ2v) is 25.0. The van der Waals surface area contributed by atoms with Gasteiger partial charge in [0.25, 0.3) is 11.8 Å². The molecule has 9 N–H and O–H groups in total. The van der Waals surface area contributed by atoms with Crippen molar-refractivity contribution in [1.82, 2.24) is 104 Å². The van der Waals surface area contributed by atoms with Gasteiger partial charge in [-0.25, -0.2) is 64.6 Å². The van der Waals surface area contributed by atoms with Crippen LogP contribution in [0.1, 0.15) is 72.0 Å². The van der Waals surface area contributed by atoms with Crippen LogP contribution in [0.25, 0.3) is 67.3 Å². The summed E-state index contributed by atoms with van der Waals surface area (Å²) in [6.07, 6.45) is 14.9. The summed E-state index contributed by atoms with van der Waals surface area (Å²) in [4.78, 5) is 134. The fraction of sp³-hybridized carbons (Fsp3) is 0.500. The average molecular weight is 1460 g/mol. The number of aromatic nitrogens is 18. The number of rotatable bonds is 14. The van der Waals surface area contributed by atoms with Gasteiger partial charge in [0.2, 0.25) is 35.7 Å². The smallest absolute Gasteiger partial charge is 0.344 e. The highest BCUT2D eigenvalue weighted by atomic mass is 35.5. The molecule has 0 saturated carbocycles. The molecule has 6 fully saturated rings. The number of hydrogen-bond donors (Lipinski definition) is 6. The monoisotopic (exact) mass is 1460 g/mol. The topological polar surface area (TPSA) is 486 Å². The minimum absolute atomic E-state index is 0. The van der Waals surface area contributed by atoms with Crippen LogP contribution in [0.3, 0.4) is 0 Å². The number of aliphatic carboxylic acids is 1. The number of morpholine rings is 3. The molecule has 15 heterocycles. The van der Waals surface area contributed by atoms with Gasteiger partial charge in [-0.05, 0) is 46.6 Å². The maximum absolute atomic E-state index is 12.7. The van der Waals surface area contributed by atoms with E-state index in [1.807, 2.05) is 15.5 Å². The molecule has 9 aromatic heterocycles. The van der Waals surface area contributed by atoms with Crippen LogP contribution in [0.4, 0.5) is 35.7 Å². The molecule has 0 spiro atoms. The number of carboxylic acids is 1. The second-order valence-electron chi connectivity index (χ2n) is 25.0. The summed E-state index contributed by atoms with van der Waals surface area (Å²) in [5.74, 6) is -0.221. The molecule has 9 aromatic rings. The highest BCUT2D eigenvalue weighted by molar-refractivity contribution is 5.91. The Morgan fingerprint density at radius 3 is 1.12 bits per heavy atom. The number of nitrogens with zero attached hydrogens (tertiary/aromatic N) is 23. The van der Waals surface area contributed by atoms with Crippen LogP contribution in [0.2, 0.25) is 0 Å². The second kappa shape index (κ2) is 33.5. The van der Waals surface area contributed by atoms with Crippen molar-refractivity contribution >= 4 is 111 Å². The van der Waals surface area contributed by atoms with Gasteiger partial charge in [0, 0.05) is 140 Å². The molecule has 15 rings (SSSR count). The number of esters is 2. The number of fused-ring (bicyclic) bond motifs is 3. The normalized spacial score (nSPS) is 19.0. The number of likely N-dealkylation sites (tertiary alicyclic amines) is 2. The van der Waals surface area contributed by atoms with Gasteiger partial charge in [0.15, 0.2) is 29.1 Å². The lowest BCUT2D eigenvalue weighted by Crippen LogP contribution is -2.38. The minimum atomic E-state index is -1.13. The van der Waals surface area contributed by atoms with Crippen molar-refractivity contribution in [3.63, 3.8) is 0 Å². The first kappa shape index (κ1) is 74.3. The van der Waals surface area contributed by atoms with Gasteiger partial charge in [0.1, 0.15) is 39.7 Å². The summed E-state index contributed by atoms with van der Waals surface area (Å²) < 4.78 is 31.9. The summed E-state index contributed by atoms with van der Waals surface area (Å²) >= 11 is 0. The lowest BCUT2D eigenvalue weighted by Gasteiger charge is -2.27. The molecule has 2 amide bonds. The number of aliphatic hydroxyl groups excluding tert-OH is 1. The Morgan fingerprint density at radius 1 is 0.481 bits per heavy atom. The molecule has 6 saturated heterocycles. The van der Waals surface area contributed by atoms with E-state index in [1.165, 1.54) is 27.7 Å². The highest BCUT2D eigenvalue weighted by Crippen LogP contribution is 2.35. The fourth-order valence-corrected chi connectivity index (χ4v) is 12.6. The number of amides is 2. The number of hydrogen-bond acceptors (Lipinski definition) is 33. The number of nitrogens with one attached hydrogen (secondary N) is 1. The van der Waals surface area contributed by atoms with Crippen LogP contribution in [0.15, 0.2) is 56.2 Å². The highest BCUT2D eigenvalue weighted by Gasteiger charge is 2.35. The molecule has 6 aliphatic rings. The first-order valence-electron chi connectivity index (χ1n) is 33.7. The Bertz CT molecular complexity index is 4470. The number of carboxylic acid groups (broad SMARTS) is 1. The van der Waals surface area contributed by atoms with Crippen molar-refractivity contribution in [3.05, 3.63) is 56.2 Å². The molecule has 0 bridgehead atoms. The molecule has 0 aliphatic carbocycles. The third kappa shape index (κ3) is 17.3. The summed E-state index contributed by atoms with van der Waals surface area (Å²) in [7, 11) is 0. The van der Waals surface area contributed by atoms with Gasteiger partial charge in [-0.2, -0.15) is 15.0 Å². The Kier molecular flexibility index (Phi) is 23.9. The molecule has 6 atom stereocenters. The van der Waals surface area contributed by atoms with Crippen LogP contribution in [-0.4, -0.2) is 275 Å². The Balaban J connectivity index is 0.000000147. The number of anilines is 6. The van der Waals surface area contributed by atoms with Crippen molar-refractivity contribution in [1.29, 1.82) is 0 Å². The number of nitrogen functional groups attached to an aromatic ring is 3. The van der Waals surface area contributed by atoms with E-state index in [0.717, 1.165) is 67.9 Å². The quantitative estimate of drug-likeness (QED) is 0.0826. The number of carbonyl (C=O) groups excluding carboxylic acids is 4. The molecule has 39 nitrogen and oxygen atoms in total. The van der Waals surface area contributed by atoms with E-state index in [4.69, 9.17) is 71.2 Å². The number of carbonyl (C=O) groups is 5. The Labute approximate surface area is 600 Å². The average Bonchev–Trinajstić information content (AvgIpc) is 1.59. The molecular formula is C64H82ClN27O12. The number of halogens is 1. The molecule has 0 aromatic carbocycles. The minimum Gasteiger partial charge on any atom is -0.479 e. The lowest BCUT2D eigenvalue weighted by molar-refractivity contribution is -0.161. The summed E-state index contributed by atoms with van der Waals surface area (Å²) in [6.45, 7) is 18.9. The first-order valence-corrected chi connectivity index (χ1v) is 33.7. The number of ether oxygens (including phenoxy) is 5. The van der Waals surface area contributed by atoms with Crippen LogP contribution < -0.4 is 37.2 Å². The van der Waals surface area contributed by atoms with E-state index in [2.05, 4.69) is 74.2 Å². The Hall–Kier alpha value is -10.9. The van der Waals surface area contributed by atoms with E-state index >= 15 is 0 Å². The van der Waals surface area contributed by atoms with Gasteiger partial charge in [-0.3, -0.25) is 19.2 Å². The Morgan fingerprint density at radius 2 is 0.817 bits per heavy atom. The molecule has 40 heteroatoms. The van der Waals surface area contributed by atoms with Crippen LogP contribution in [-0.2, 0) is 47.7 Å². The van der Waals surface area contributed by atoms with Gasteiger partial charge in [0.05, 0.1) is 76.7 Å². The lowest BCUT2D eigenvalue weighted by atomic mass is 10.2. The molecule has 0 radical (unpaired) electrons. The SMILES string of the molecule is CC(=O)O[C@@H](C)C(=O)N1CCC(n2cnc3c(-c4cnc(N)nc4)nc(N4CCOCC4)nc32)C1.CC(=O)O[C@@H](C)C(=O)O.C[C@H](O)C(=O)N1CCC(n2cnc3c(-c4cnc(N)nc4)nc(N4CCOCC4)nc32)C1.Cl.Nc1ncc(-c2nc(N3CCOCC3)nc3c2ncn3C2CCNC2)cn1. The largest absolute Gasteiger partial charge is 0.479 e. The number of nitrogens with two attached hydrogens (primary N) is 3. The van der Waals surface area contributed by atoms with E-state index in [0.29, 0.717) is 161 Å². The maximum atomic E-state index is 12.7. The number of imidazole rings is 3. The van der Waals surface area contributed by atoms with Crippen molar-refractivity contribution in [2.75, 3.05) is 150 Å². The van der Waals surface area contributed by atoms with Crippen LogP contribution >= 0.6 is 12.4 Å².